The van der Waals surface area contributed by atoms with Crippen molar-refractivity contribution in [1.82, 2.24) is 0 Å². The topological polar surface area (TPSA) is 18.5 Å². The van der Waals surface area contributed by atoms with E-state index in [0.29, 0.717) is 12.8 Å². The number of unbranched alkanes of at least 4 members (excludes halogenated alkanes) is 2. The Morgan fingerprint density at radius 3 is 1.62 bits per heavy atom. The Hall–Kier alpha value is -0.500. The molecule has 21 heavy (non-hydrogen) atoms. The van der Waals surface area contributed by atoms with E-state index in [4.69, 9.17) is 0 Å². The number of rotatable bonds is 6. The van der Waals surface area contributed by atoms with Gasteiger partial charge in [-0.1, -0.05) is 39.5 Å². The molecule has 0 spiro atoms. The van der Waals surface area contributed by atoms with Crippen LogP contribution in [0, 0.1) is 0 Å². The van der Waals surface area contributed by atoms with E-state index < -0.39 is 30.3 Å². The fraction of sp³-hybridized carbons (Fsp3) is 1.00. The third-order valence-electron chi connectivity index (χ3n) is 3.46. The standard InChI is InChI=1S/C13H20F6O2/c1-3-5-6-8-10-9(7-4-2)20-11(21-10,12(14,15)16)13(17,18)19/h9-10H,3-8H2,1-2H3. The molecule has 0 N–H and O–H groups in total. The first kappa shape index (κ1) is 18.5. The fourth-order valence-electron chi connectivity index (χ4n) is 2.40. The predicted molar refractivity (Wildman–Crippen MR) is 63.6 cm³/mol. The van der Waals surface area contributed by atoms with E-state index in [9.17, 15) is 26.3 Å². The van der Waals surface area contributed by atoms with E-state index in [0.717, 1.165) is 12.8 Å². The van der Waals surface area contributed by atoms with Crippen LogP contribution in [0.4, 0.5) is 26.3 Å². The average molecular weight is 322 g/mol. The van der Waals surface area contributed by atoms with Crippen LogP contribution in [0.3, 0.4) is 0 Å². The minimum atomic E-state index is -5.66. The highest BCUT2D eigenvalue weighted by Gasteiger charge is 2.78. The Balaban J connectivity index is 2.97. The van der Waals surface area contributed by atoms with Gasteiger partial charge in [-0.25, -0.2) is 0 Å². The molecule has 0 aromatic carbocycles. The van der Waals surface area contributed by atoms with Crippen molar-refractivity contribution in [1.29, 1.82) is 0 Å². The van der Waals surface area contributed by atoms with E-state index in [2.05, 4.69) is 9.47 Å². The zero-order valence-electron chi connectivity index (χ0n) is 12.0. The molecule has 1 saturated heterocycles. The monoisotopic (exact) mass is 322 g/mol. The van der Waals surface area contributed by atoms with Gasteiger partial charge in [0.25, 0.3) is 0 Å². The van der Waals surface area contributed by atoms with Crippen molar-refractivity contribution in [3.63, 3.8) is 0 Å². The van der Waals surface area contributed by atoms with E-state index in [1.54, 1.807) is 6.92 Å². The molecule has 2 nitrogen and oxygen atoms in total. The lowest BCUT2D eigenvalue weighted by Crippen LogP contribution is -2.58. The summed E-state index contributed by atoms with van der Waals surface area (Å²) in [5.41, 5.74) is 0. The van der Waals surface area contributed by atoms with Crippen LogP contribution in [0.1, 0.15) is 52.4 Å². The molecule has 126 valence electrons. The molecule has 0 radical (unpaired) electrons. The summed E-state index contributed by atoms with van der Waals surface area (Å²) in [6, 6.07) is 0. The summed E-state index contributed by atoms with van der Waals surface area (Å²) in [7, 11) is 0. The molecule has 1 aliphatic heterocycles. The average Bonchev–Trinajstić information content (AvgIpc) is 2.69. The molecular formula is C13H20F6O2. The molecule has 0 aliphatic carbocycles. The van der Waals surface area contributed by atoms with Crippen LogP contribution < -0.4 is 0 Å². The first-order valence-corrected chi connectivity index (χ1v) is 7.08. The molecule has 0 saturated carbocycles. The normalized spacial score (nSPS) is 26.3. The Kier molecular flexibility index (Phi) is 5.94. The summed E-state index contributed by atoms with van der Waals surface area (Å²) in [6.07, 6.45) is -11.0. The minimum absolute atomic E-state index is 0.102. The van der Waals surface area contributed by atoms with Gasteiger partial charge >= 0.3 is 18.1 Å². The van der Waals surface area contributed by atoms with Crippen molar-refractivity contribution in [2.45, 2.75) is 82.7 Å². The van der Waals surface area contributed by atoms with Crippen LogP contribution in [-0.4, -0.2) is 30.3 Å². The Morgan fingerprint density at radius 2 is 1.24 bits per heavy atom. The van der Waals surface area contributed by atoms with Crippen LogP contribution >= 0.6 is 0 Å². The van der Waals surface area contributed by atoms with Gasteiger partial charge in [0.2, 0.25) is 0 Å². The molecule has 0 aromatic heterocycles. The van der Waals surface area contributed by atoms with Gasteiger partial charge in [-0.15, -0.1) is 0 Å². The molecular weight excluding hydrogens is 302 g/mol. The first-order chi connectivity index (χ1) is 9.59. The van der Waals surface area contributed by atoms with Crippen molar-refractivity contribution in [2.24, 2.45) is 0 Å². The van der Waals surface area contributed by atoms with Crippen molar-refractivity contribution < 1.29 is 35.8 Å². The summed E-state index contributed by atoms with van der Waals surface area (Å²) >= 11 is 0. The summed E-state index contributed by atoms with van der Waals surface area (Å²) in [6.45, 7) is 3.57. The smallest absolute Gasteiger partial charge is 0.329 e. The summed E-state index contributed by atoms with van der Waals surface area (Å²) in [5, 5.41) is 0. The zero-order chi connectivity index (χ0) is 16.3. The summed E-state index contributed by atoms with van der Waals surface area (Å²) in [4.78, 5) is 0. The number of hydrogen-bond donors (Lipinski definition) is 0. The predicted octanol–water partition coefficient (Wildman–Crippen LogP) is 4.97. The minimum Gasteiger partial charge on any atom is -0.329 e. The van der Waals surface area contributed by atoms with Gasteiger partial charge in [0.05, 0.1) is 12.2 Å². The lowest BCUT2D eigenvalue weighted by atomic mass is 10.0. The van der Waals surface area contributed by atoms with E-state index in [1.165, 1.54) is 0 Å². The van der Waals surface area contributed by atoms with Crippen LogP contribution in [-0.2, 0) is 9.47 Å². The molecule has 2 atom stereocenters. The van der Waals surface area contributed by atoms with Gasteiger partial charge in [0.15, 0.2) is 0 Å². The van der Waals surface area contributed by atoms with Gasteiger partial charge < -0.3 is 9.47 Å². The number of hydrogen-bond acceptors (Lipinski definition) is 2. The van der Waals surface area contributed by atoms with E-state index in [-0.39, 0.29) is 12.8 Å². The molecule has 0 aromatic rings. The molecule has 1 fully saturated rings. The van der Waals surface area contributed by atoms with E-state index >= 15 is 0 Å². The second kappa shape index (κ2) is 6.73. The molecule has 0 amide bonds. The van der Waals surface area contributed by atoms with Gasteiger partial charge in [-0.2, -0.15) is 26.3 Å². The number of ether oxygens (including phenoxy) is 2. The maximum Gasteiger partial charge on any atom is 0.453 e. The molecule has 0 bridgehead atoms. The quantitative estimate of drug-likeness (QED) is 0.508. The van der Waals surface area contributed by atoms with Crippen LogP contribution in [0.15, 0.2) is 0 Å². The second-order valence-electron chi connectivity index (χ2n) is 5.21. The van der Waals surface area contributed by atoms with E-state index in [1.807, 2.05) is 6.92 Å². The second-order valence-corrected chi connectivity index (χ2v) is 5.21. The highest BCUT2D eigenvalue weighted by Crippen LogP contribution is 2.52. The highest BCUT2D eigenvalue weighted by atomic mass is 19.4. The van der Waals surface area contributed by atoms with Gasteiger partial charge in [-0.3, -0.25) is 0 Å². The van der Waals surface area contributed by atoms with Crippen molar-refractivity contribution in [3.8, 4) is 0 Å². The zero-order valence-corrected chi connectivity index (χ0v) is 12.0. The van der Waals surface area contributed by atoms with Crippen molar-refractivity contribution in [3.05, 3.63) is 0 Å². The number of alkyl halides is 6. The third-order valence-corrected chi connectivity index (χ3v) is 3.46. The highest BCUT2D eigenvalue weighted by molar-refractivity contribution is 4.96. The van der Waals surface area contributed by atoms with Gasteiger partial charge in [-0.05, 0) is 12.8 Å². The summed E-state index contributed by atoms with van der Waals surface area (Å²) in [5.74, 6) is -4.49. The molecule has 2 unspecified atom stereocenters. The van der Waals surface area contributed by atoms with Crippen LogP contribution in [0.2, 0.25) is 0 Å². The van der Waals surface area contributed by atoms with Gasteiger partial charge in [0.1, 0.15) is 0 Å². The number of halogens is 6. The van der Waals surface area contributed by atoms with Gasteiger partial charge in [0, 0.05) is 0 Å². The maximum atomic E-state index is 12.9. The van der Waals surface area contributed by atoms with Crippen molar-refractivity contribution in [2.75, 3.05) is 0 Å². The molecule has 1 rings (SSSR count). The Morgan fingerprint density at radius 1 is 0.762 bits per heavy atom. The van der Waals surface area contributed by atoms with Crippen molar-refractivity contribution >= 4 is 0 Å². The molecule has 1 heterocycles. The fourth-order valence-corrected chi connectivity index (χ4v) is 2.40. The summed E-state index contributed by atoms with van der Waals surface area (Å²) < 4.78 is 86.3. The van der Waals surface area contributed by atoms with Crippen LogP contribution in [0.5, 0.6) is 0 Å². The SMILES string of the molecule is CCCCCC1OC(C(F)(F)F)(C(F)(F)F)OC1CCC. The lowest BCUT2D eigenvalue weighted by Gasteiger charge is -2.31. The molecule has 1 aliphatic rings. The lowest BCUT2D eigenvalue weighted by molar-refractivity contribution is -0.446. The third kappa shape index (κ3) is 3.83. The Labute approximate surface area is 119 Å². The largest absolute Gasteiger partial charge is 0.453 e. The van der Waals surface area contributed by atoms with Crippen LogP contribution in [0.25, 0.3) is 0 Å². The molecule has 8 heteroatoms. The Bertz CT molecular complexity index is 312. The maximum absolute atomic E-state index is 12.9. The first-order valence-electron chi connectivity index (χ1n) is 7.08.